The van der Waals surface area contributed by atoms with Gasteiger partial charge in [0.25, 0.3) is 5.91 Å². The number of hydrogen-bond acceptors (Lipinski definition) is 7. The number of halogens is 1. The van der Waals surface area contributed by atoms with Crippen LogP contribution in [0.4, 0.5) is 5.69 Å². The SMILES string of the molecule is COC(=O)c1ccc(NC(=O)CSc2nnc([C@H](C)NC(=O)c3ccccc3Cl)n2C)cc1. The average molecular weight is 488 g/mol. The van der Waals surface area contributed by atoms with Gasteiger partial charge in [-0.3, -0.25) is 9.59 Å². The van der Waals surface area contributed by atoms with Crippen LogP contribution in [0.3, 0.4) is 0 Å². The van der Waals surface area contributed by atoms with E-state index >= 15 is 0 Å². The number of benzene rings is 2. The van der Waals surface area contributed by atoms with Crippen molar-refractivity contribution in [2.75, 3.05) is 18.2 Å². The second kappa shape index (κ2) is 11.0. The topological polar surface area (TPSA) is 115 Å². The van der Waals surface area contributed by atoms with Crippen LogP contribution in [-0.2, 0) is 16.6 Å². The van der Waals surface area contributed by atoms with E-state index in [2.05, 4.69) is 25.6 Å². The Bertz CT molecular complexity index is 1170. The van der Waals surface area contributed by atoms with Crippen molar-refractivity contribution in [1.29, 1.82) is 0 Å². The number of hydrogen-bond donors (Lipinski definition) is 2. The Morgan fingerprint density at radius 2 is 1.82 bits per heavy atom. The van der Waals surface area contributed by atoms with Crippen LogP contribution in [0.15, 0.2) is 53.7 Å². The largest absolute Gasteiger partial charge is 0.465 e. The third-order valence-electron chi connectivity index (χ3n) is 4.64. The van der Waals surface area contributed by atoms with E-state index in [0.29, 0.717) is 32.8 Å². The summed E-state index contributed by atoms with van der Waals surface area (Å²) < 4.78 is 6.37. The molecule has 3 aromatic rings. The molecule has 0 aliphatic heterocycles. The molecule has 33 heavy (non-hydrogen) atoms. The number of carbonyl (C=O) groups excluding carboxylic acids is 3. The lowest BCUT2D eigenvalue weighted by Gasteiger charge is -2.14. The molecular formula is C22H22ClN5O4S. The molecule has 3 rings (SSSR count). The van der Waals surface area contributed by atoms with Gasteiger partial charge in [-0.1, -0.05) is 35.5 Å². The van der Waals surface area contributed by atoms with Gasteiger partial charge in [0, 0.05) is 12.7 Å². The molecule has 0 saturated carbocycles. The summed E-state index contributed by atoms with van der Waals surface area (Å²) in [5.41, 5.74) is 1.33. The number of esters is 1. The number of methoxy groups -OCH3 is 1. The van der Waals surface area contributed by atoms with E-state index in [1.54, 1.807) is 67.1 Å². The van der Waals surface area contributed by atoms with Crippen molar-refractivity contribution < 1.29 is 19.1 Å². The van der Waals surface area contributed by atoms with E-state index in [-0.39, 0.29) is 17.6 Å². The summed E-state index contributed by atoms with van der Waals surface area (Å²) in [7, 11) is 3.07. The smallest absolute Gasteiger partial charge is 0.337 e. The predicted molar refractivity (Wildman–Crippen MR) is 125 cm³/mol. The Morgan fingerprint density at radius 1 is 1.12 bits per heavy atom. The van der Waals surface area contributed by atoms with Gasteiger partial charge in [-0.05, 0) is 43.3 Å². The number of anilines is 1. The number of nitrogens with one attached hydrogen (secondary N) is 2. The minimum atomic E-state index is -0.446. The Labute approximate surface area is 199 Å². The van der Waals surface area contributed by atoms with Crippen molar-refractivity contribution in [3.63, 3.8) is 0 Å². The monoisotopic (exact) mass is 487 g/mol. The summed E-state index contributed by atoms with van der Waals surface area (Å²) in [6.45, 7) is 1.79. The van der Waals surface area contributed by atoms with Gasteiger partial charge < -0.3 is 19.9 Å². The Hall–Kier alpha value is -3.37. The standard InChI is InChI=1S/C22H22ClN5O4S/c1-13(24-20(30)16-6-4-5-7-17(16)23)19-26-27-22(28(19)2)33-12-18(29)25-15-10-8-14(9-11-15)21(31)32-3/h4-11,13H,12H2,1-3H3,(H,24,30)(H,25,29)/t13-/m0/s1. The number of ether oxygens (including phenoxy) is 1. The Balaban J connectivity index is 1.56. The van der Waals surface area contributed by atoms with Crippen LogP contribution in [0, 0.1) is 0 Å². The second-order valence-corrected chi connectivity index (χ2v) is 8.33. The van der Waals surface area contributed by atoms with Gasteiger partial charge in [0.15, 0.2) is 11.0 Å². The van der Waals surface area contributed by atoms with Crippen LogP contribution in [0.5, 0.6) is 0 Å². The summed E-state index contributed by atoms with van der Waals surface area (Å²) in [6, 6.07) is 12.7. The maximum atomic E-state index is 12.5. The van der Waals surface area contributed by atoms with Crippen molar-refractivity contribution in [2.24, 2.45) is 7.05 Å². The summed E-state index contributed by atoms with van der Waals surface area (Å²) in [5.74, 6) is -0.362. The molecule has 2 amide bonds. The first-order valence-electron chi connectivity index (χ1n) is 9.86. The van der Waals surface area contributed by atoms with Crippen LogP contribution in [-0.4, -0.2) is 45.4 Å². The van der Waals surface area contributed by atoms with Gasteiger partial charge in [-0.15, -0.1) is 10.2 Å². The molecule has 11 heteroatoms. The van der Waals surface area contributed by atoms with Gasteiger partial charge in [-0.25, -0.2) is 4.79 Å². The van der Waals surface area contributed by atoms with Gasteiger partial charge in [0.05, 0.1) is 35.1 Å². The van der Waals surface area contributed by atoms with Gasteiger partial charge in [0.1, 0.15) is 0 Å². The van der Waals surface area contributed by atoms with Crippen molar-refractivity contribution in [1.82, 2.24) is 20.1 Å². The number of nitrogens with zero attached hydrogens (tertiary/aromatic N) is 3. The minimum absolute atomic E-state index is 0.102. The minimum Gasteiger partial charge on any atom is -0.465 e. The van der Waals surface area contributed by atoms with E-state index in [4.69, 9.17) is 11.6 Å². The summed E-state index contributed by atoms with van der Waals surface area (Å²) >= 11 is 7.30. The molecule has 1 atom stereocenters. The van der Waals surface area contributed by atoms with Crippen LogP contribution >= 0.6 is 23.4 Å². The summed E-state index contributed by atoms with van der Waals surface area (Å²) in [6.07, 6.45) is 0. The van der Waals surface area contributed by atoms with Crippen molar-refractivity contribution >= 4 is 46.8 Å². The molecule has 172 valence electrons. The lowest BCUT2D eigenvalue weighted by atomic mass is 10.2. The fraction of sp³-hybridized carbons (Fsp3) is 0.227. The molecule has 1 aromatic heterocycles. The van der Waals surface area contributed by atoms with Gasteiger partial charge in [0.2, 0.25) is 5.91 Å². The van der Waals surface area contributed by atoms with Crippen molar-refractivity contribution in [3.05, 3.63) is 70.5 Å². The Morgan fingerprint density at radius 3 is 2.48 bits per heavy atom. The zero-order chi connectivity index (χ0) is 24.0. The molecule has 0 aliphatic rings. The van der Waals surface area contributed by atoms with Gasteiger partial charge in [-0.2, -0.15) is 0 Å². The molecule has 0 saturated heterocycles. The lowest BCUT2D eigenvalue weighted by Crippen LogP contribution is -2.28. The van der Waals surface area contributed by atoms with Crippen LogP contribution in [0.25, 0.3) is 0 Å². The Kier molecular flexibility index (Phi) is 8.07. The van der Waals surface area contributed by atoms with E-state index in [9.17, 15) is 14.4 Å². The molecule has 0 aliphatic carbocycles. The first-order chi connectivity index (χ1) is 15.8. The van der Waals surface area contributed by atoms with Crippen molar-refractivity contribution in [3.8, 4) is 0 Å². The number of carbonyl (C=O) groups is 3. The molecular weight excluding hydrogens is 466 g/mol. The molecule has 2 aromatic carbocycles. The maximum absolute atomic E-state index is 12.5. The molecule has 0 bridgehead atoms. The first-order valence-corrected chi connectivity index (χ1v) is 11.2. The van der Waals surface area contributed by atoms with Crippen molar-refractivity contribution in [2.45, 2.75) is 18.1 Å². The molecule has 0 spiro atoms. The third kappa shape index (κ3) is 6.11. The number of thioether (sulfide) groups is 1. The van der Waals surface area contributed by atoms with E-state index in [0.717, 1.165) is 0 Å². The highest BCUT2D eigenvalue weighted by atomic mass is 35.5. The number of rotatable bonds is 8. The van der Waals surface area contributed by atoms with E-state index in [1.807, 2.05) is 0 Å². The highest BCUT2D eigenvalue weighted by Crippen LogP contribution is 2.21. The summed E-state index contributed by atoms with van der Waals surface area (Å²) in [5, 5.41) is 14.8. The maximum Gasteiger partial charge on any atom is 0.337 e. The van der Waals surface area contributed by atoms with Crippen LogP contribution in [0.1, 0.15) is 39.5 Å². The predicted octanol–water partition coefficient (Wildman–Crippen LogP) is 3.48. The highest BCUT2D eigenvalue weighted by molar-refractivity contribution is 7.99. The highest BCUT2D eigenvalue weighted by Gasteiger charge is 2.20. The third-order valence-corrected chi connectivity index (χ3v) is 5.99. The number of amides is 2. The molecule has 2 N–H and O–H groups in total. The first kappa shape index (κ1) is 24.3. The van der Waals surface area contributed by atoms with E-state index in [1.165, 1.54) is 18.9 Å². The average Bonchev–Trinajstić information content (AvgIpc) is 3.18. The zero-order valence-corrected chi connectivity index (χ0v) is 19.7. The molecule has 0 fully saturated rings. The fourth-order valence-corrected chi connectivity index (χ4v) is 3.89. The second-order valence-electron chi connectivity index (χ2n) is 6.98. The normalized spacial score (nSPS) is 11.5. The molecule has 0 radical (unpaired) electrons. The summed E-state index contributed by atoms with van der Waals surface area (Å²) in [4.78, 5) is 36.3. The van der Waals surface area contributed by atoms with Crippen LogP contribution < -0.4 is 10.6 Å². The molecule has 0 unspecified atom stereocenters. The van der Waals surface area contributed by atoms with Crippen LogP contribution in [0.2, 0.25) is 5.02 Å². The van der Waals surface area contributed by atoms with Gasteiger partial charge >= 0.3 is 5.97 Å². The molecule has 9 nitrogen and oxygen atoms in total. The fourth-order valence-electron chi connectivity index (χ4n) is 2.95. The quantitative estimate of drug-likeness (QED) is 0.369. The molecule has 1 heterocycles. The lowest BCUT2D eigenvalue weighted by molar-refractivity contribution is -0.113. The zero-order valence-electron chi connectivity index (χ0n) is 18.2. The number of aromatic nitrogens is 3. The van der Waals surface area contributed by atoms with E-state index < -0.39 is 12.0 Å².